The highest BCUT2D eigenvalue weighted by Crippen LogP contribution is 2.33. The Kier molecular flexibility index (Phi) is 11.6. The summed E-state index contributed by atoms with van der Waals surface area (Å²) in [5, 5.41) is 14.2. The molecule has 1 aromatic heterocycles. The van der Waals surface area contributed by atoms with Crippen LogP contribution >= 0.6 is 0 Å². The third-order valence-corrected chi connectivity index (χ3v) is 5.48. The number of nitrogens with zero attached hydrogens (tertiary/aromatic N) is 3. The second kappa shape index (κ2) is 13.4. The Morgan fingerprint density at radius 1 is 1.08 bits per heavy atom. The van der Waals surface area contributed by atoms with Crippen molar-refractivity contribution in [1.82, 2.24) is 14.8 Å². The smallest absolute Gasteiger partial charge is 0.475 e. The summed E-state index contributed by atoms with van der Waals surface area (Å²) >= 11 is 0. The van der Waals surface area contributed by atoms with Crippen molar-refractivity contribution in [2.45, 2.75) is 50.8 Å². The van der Waals surface area contributed by atoms with Crippen LogP contribution in [-0.2, 0) is 25.7 Å². The monoisotopic (exact) mass is 531 g/mol. The molecular weight excluding hydrogens is 504 g/mol. The van der Waals surface area contributed by atoms with Crippen LogP contribution in [0.15, 0.2) is 24.5 Å². The van der Waals surface area contributed by atoms with E-state index in [9.17, 15) is 31.1 Å². The topological polar surface area (TPSA) is 120 Å². The number of hydrogen-bond donors (Lipinski definition) is 2. The number of halogens is 6. The van der Waals surface area contributed by atoms with Gasteiger partial charge >= 0.3 is 24.3 Å². The van der Waals surface area contributed by atoms with Crippen molar-refractivity contribution in [3.8, 4) is 0 Å². The Balaban J connectivity index is 0.000000383. The number of pyridine rings is 1. The van der Waals surface area contributed by atoms with E-state index in [1.165, 1.54) is 5.56 Å². The van der Waals surface area contributed by atoms with Crippen molar-refractivity contribution < 1.29 is 55.7 Å². The molecule has 2 saturated heterocycles. The molecule has 3 heterocycles. The predicted octanol–water partition coefficient (Wildman–Crippen LogP) is 2.81. The zero-order valence-electron chi connectivity index (χ0n) is 19.4. The van der Waals surface area contributed by atoms with Gasteiger partial charge in [-0.15, -0.1) is 0 Å². The molecule has 2 N–H and O–H groups in total. The molecule has 3 atom stereocenters. The number of rotatable bonds is 4. The summed E-state index contributed by atoms with van der Waals surface area (Å²) in [6.07, 6.45) is -4.64. The quantitative estimate of drug-likeness (QED) is 0.570. The number of carboxylic acids is 2. The van der Waals surface area contributed by atoms with Gasteiger partial charge in [-0.3, -0.25) is 14.7 Å². The van der Waals surface area contributed by atoms with Crippen LogP contribution in [-0.4, -0.2) is 94.1 Å². The van der Waals surface area contributed by atoms with Gasteiger partial charge in [-0.25, -0.2) is 9.59 Å². The zero-order valence-corrected chi connectivity index (χ0v) is 19.4. The lowest BCUT2D eigenvalue weighted by molar-refractivity contribution is -0.193. The van der Waals surface area contributed by atoms with Crippen LogP contribution in [0.5, 0.6) is 0 Å². The number of carbonyl (C=O) groups excluding carboxylic acids is 1. The van der Waals surface area contributed by atoms with Crippen LogP contribution in [0.3, 0.4) is 0 Å². The summed E-state index contributed by atoms with van der Waals surface area (Å²) in [7, 11) is 1.79. The van der Waals surface area contributed by atoms with Gasteiger partial charge in [0.05, 0.1) is 12.1 Å². The highest BCUT2D eigenvalue weighted by molar-refractivity contribution is 5.76. The van der Waals surface area contributed by atoms with E-state index in [1.807, 2.05) is 19.2 Å². The maximum absolute atomic E-state index is 12.2. The molecule has 2 fully saturated rings. The molecule has 0 aromatic carbocycles. The zero-order chi connectivity index (χ0) is 27.7. The molecule has 0 aliphatic carbocycles. The Labute approximate surface area is 202 Å². The first-order valence-electron chi connectivity index (χ1n) is 10.7. The van der Waals surface area contributed by atoms with Crippen molar-refractivity contribution in [2.75, 3.05) is 26.7 Å². The third kappa shape index (κ3) is 9.60. The predicted molar refractivity (Wildman–Crippen MR) is 112 cm³/mol. The molecule has 36 heavy (non-hydrogen) atoms. The Bertz CT molecular complexity index is 844. The van der Waals surface area contributed by atoms with E-state index >= 15 is 0 Å². The molecule has 1 aromatic rings. The maximum Gasteiger partial charge on any atom is 0.490 e. The highest BCUT2D eigenvalue weighted by Gasteiger charge is 2.45. The van der Waals surface area contributed by atoms with Gasteiger partial charge in [0.25, 0.3) is 0 Å². The molecule has 0 spiro atoms. The van der Waals surface area contributed by atoms with Gasteiger partial charge in [0, 0.05) is 58.0 Å². The van der Waals surface area contributed by atoms with Crippen molar-refractivity contribution in [2.24, 2.45) is 5.92 Å². The van der Waals surface area contributed by atoms with Crippen LogP contribution in [0.2, 0.25) is 0 Å². The second-order valence-corrected chi connectivity index (χ2v) is 7.90. The lowest BCUT2D eigenvalue weighted by Crippen LogP contribution is -2.53. The summed E-state index contributed by atoms with van der Waals surface area (Å²) in [6, 6.07) is 4.38. The normalized spacial score (nSPS) is 21.9. The molecule has 9 nitrogen and oxygen atoms in total. The van der Waals surface area contributed by atoms with Crippen LogP contribution in [0.25, 0.3) is 0 Å². The standard InChI is InChI=1S/C17H25N3O2.2C2HF3O2/c1-3-17(21)20-8-6-16(22-2)14-11-19(12-15(14)20)10-13-5-4-7-18-9-13;2*3-2(4,5)1(6)7/h4-5,7,9,14-16H,3,6,8,10-12H2,1-2H3;2*(H,6,7)/t14-,15+,16-;;/m0../s1. The van der Waals surface area contributed by atoms with E-state index in [-0.39, 0.29) is 12.0 Å². The highest BCUT2D eigenvalue weighted by atomic mass is 19.4. The summed E-state index contributed by atoms with van der Waals surface area (Å²) in [5.74, 6) is -4.82. The van der Waals surface area contributed by atoms with Gasteiger partial charge in [0.1, 0.15) is 0 Å². The van der Waals surface area contributed by atoms with E-state index in [1.54, 1.807) is 13.3 Å². The minimum absolute atomic E-state index is 0.268. The molecule has 204 valence electrons. The minimum atomic E-state index is -5.08. The molecule has 1 amide bonds. The van der Waals surface area contributed by atoms with E-state index in [4.69, 9.17) is 24.5 Å². The lowest BCUT2D eigenvalue weighted by atomic mass is 9.89. The lowest BCUT2D eigenvalue weighted by Gasteiger charge is -2.41. The number of alkyl halides is 6. The van der Waals surface area contributed by atoms with E-state index < -0.39 is 24.3 Å². The maximum atomic E-state index is 12.2. The minimum Gasteiger partial charge on any atom is -0.475 e. The van der Waals surface area contributed by atoms with Gasteiger partial charge in [0.2, 0.25) is 5.91 Å². The Morgan fingerprint density at radius 2 is 1.64 bits per heavy atom. The number of hydrogen-bond acceptors (Lipinski definition) is 6. The van der Waals surface area contributed by atoms with Crippen molar-refractivity contribution in [3.63, 3.8) is 0 Å². The number of carboxylic acid groups (broad SMARTS) is 2. The molecular formula is C21H27F6N3O6. The molecule has 15 heteroatoms. The van der Waals surface area contributed by atoms with Crippen LogP contribution in [0, 0.1) is 5.92 Å². The van der Waals surface area contributed by atoms with Gasteiger partial charge < -0.3 is 19.8 Å². The number of carbonyl (C=O) groups is 3. The molecule has 2 aliphatic rings. The average molecular weight is 531 g/mol. The largest absolute Gasteiger partial charge is 0.490 e. The number of likely N-dealkylation sites (tertiary alicyclic amines) is 2. The van der Waals surface area contributed by atoms with Crippen LogP contribution in [0.4, 0.5) is 26.3 Å². The Morgan fingerprint density at radius 3 is 2.06 bits per heavy atom. The summed E-state index contributed by atoms with van der Waals surface area (Å²) < 4.78 is 69.2. The third-order valence-electron chi connectivity index (χ3n) is 5.48. The number of methoxy groups -OCH3 is 1. The van der Waals surface area contributed by atoms with Crippen LogP contribution < -0.4 is 0 Å². The SMILES string of the molecule is CCC(=O)N1CC[C@H](OC)[C@H]2CN(Cc3cccnc3)C[C@H]21.O=C(O)C(F)(F)F.O=C(O)C(F)(F)F. The van der Waals surface area contributed by atoms with Crippen molar-refractivity contribution >= 4 is 17.8 Å². The Hall–Kier alpha value is -2.94. The number of fused-ring (bicyclic) bond motifs is 1. The molecule has 0 unspecified atom stereocenters. The van der Waals surface area contributed by atoms with Gasteiger partial charge in [-0.1, -0.05) is 13.0 Å². The molecule has 0 saturated carbocycles. The number of ether oxygens (including phenoxy) is 1. The second-order valence-electron chi connectivity index (χ2n) is 7.90. The number of piperidine rings is 1. The first-order valence-corrected chi connectivity index (χ1v) is 10.7. The number of aromatic nitrogens is 1. The van der Waals surface area contributed by atoms with Gasteiger partial charge in [-0.2, -0.15) is 26.3 Å². The summed E-state index contributed by atoms with van der Waals surface area (Å²) in [4.78, 5) is 38.7. The van der Waals surface area contributed by atoms with Crippen molar-refractivity contribution in [1.29, 1.82) is 0 Å². The molecule has 2 aliphatic heterocycles. The van der Waals surface area contributed by atoms with Crippen molar-refractivity contribution in [3.05, 3.63) is 30.1 Å². The first-order chi connectivity index (χ1) is 16.6. The van der Waals surface area contributed by atoms with Gasteiger partial charge in [0.15, 0.2) is 0 Å². The average Bonchev–Trinajstić information content (AvgIpc) is 3.21. The van der Waals surface area contributed by atoms with E-state index in [0.717, 1.165) is 32.6 Å². The van der Waals surface area contributed by atoms with Crippen LogP contribution in [0.1, 0.15) is 25.3 Å². The first kappa shape index (κ1) is 31.1. The fourth-order valence-electron chi connectivity index (χ4n) is 3.92. The fourth-order valence-corrected chi connectivity index (χ4v) is 3.92. The molecule has 3 rings (SSSR count). The molecule has 0 radical (unpaired) electrons. The van der Waals surface area contributed by atoms with E-state index in [0.29, 0.717) is 18.4 Å². The molecule has 0 bridgehead atoms. The fraction of sp³-hybridized carbons (Fsp3) is 0.619. The number of amides is 1. The van der Waals surface area contributed by atoms with Gasteiger partial charge in [-0.05, 0) is 18.1 Å². The number of aliphatic carboxylic acids is 2. The summed E-state index contributed by atoms with van der Waals surface area (Å²) in [6.45, 7) is 5.59. The van der Waals surface area contributed by atoms with E-state index in [2.05, 4.69) is 20.9 Å². The summed E-state index contributed by atoms with van der Waals surface area (Å²) in [5.41, 5.74) is 1.23.